The third-order valence-corrected chi connectivity index (χ3v) is 3.32. The van der Waals surface area contributed by atoms with Gasteiger partial charge in [-0.25, -0.2) is 4.39 Å². The zero-order chi connectivity index (χ0) is 11.5. The van der Waals surface area contributed by atoms with Gasteiger partial charge in [0.15, 0.2) is 11.6 Å². The lowest BCUT2D eigenvalue weighted by atomic mass is 9.86. The van der Waals surface area contributed by atoms with E-state index in [1.807, 2.05) is 13.0 Å². The largest absolute Gasteiger partial charge is 0.493 e. The van der Waals surface area contributed by atoms with E-state index >= 15 is 0 Å². The summed E-state index contributed by atoms with van der Waals surface area (Å²) < 4.78 is 18.9. The van der Waals surface area contributed by atoms with Crippen molar-refractivity contribution >= 4 is 0 Å². The average molecular weight is 223 g/mol. The Morgan fingerprint density at radius 2 is 2.00 bits per heavy atom. The summed E-state index contributed by atoms with van der Waals surface area (Å²) in [6.45, 7) is 4.03. The second-order valence-corrected chi connectivity index (χ2v) is 4.34. The molecule has 0 bridgehead atoms. The van der Waals surface area contributed by atoms with Gasteiger partial charge >= 0.3 is 0 Å². The first-order valence-electron chi connectivity index (χ1n) is 5.77. The summed E-state index contributed by atoms with van der Waals surface area (Å²) in [5.41, 5.74) is 2.19. The van der Waals surface area contributed by atoms with Gasteiger partial charge in [-0.15, -0.1) is 0 Å². The van der Waals surface area contributed by atoms with Crippen LogP contribution in [0.15, 0.2) is 12.1 Å². The van der Waals surface area contributed by atoms with E-state index < -0.39 is 0 Å². The number of ether oxygens (including phenoxy) is 1. The molecular formula is C13H18FNO. The fourth-order valence-electron chi connectivity index (χ4n) is 2.50. The maximum Gasteiger partial charge on any atom is 0.165 e. The molecule has 1 N–H and O–H groups in total. The molecule has 2 nitrogen and oxygen atoms in total. The fourth-order valence-corrected chi connectivity index (χ4v) is 2.50. The highest BCUT2D eigenvalue weighted by atomic mass is 19.1. The molecule has 1 aliphatic heterocycles. The van der Waals surface area contributed by atoms with Crippen LogP contribution in [0.25, 0.3) is 0 Å². The maximum absolute atomic E-state index is 13.6. The molecule has 16 heavy (non-hydrogen) atoms. The van der Waals surface area contributed by atoms with Gasteiger partial charge in [-0.2, -0.15) is 0 Å². The van der Waals surface area contributed by atoms with E-state index in [9.17, 15) is 4.39 Å². The summed E-state index contributed by atoms with van der Waals surface area (Å²) in [5, 5.41) is 3.32. The van der Waals surface area contributed by atoms with Crippen molar-refractivity contribution < 1.29 is 9.13 Å². The molecule has 0 aromatic heterocycles. The first-order valence-corrected chi connectivity index (χ1v) is 5.77. The fraction of sp³-hybridized carbons (Fsp3) is 0.538. The normalized spacial score (nSPS) is 17.4. The number of nitrogens with one attached hydrogen (secondary N) is 1. The van der Waals surface area contributed by atoms with Crippen LogP contribution in [0.2, 0.25) is 0 Å². The summed E-state index contributed by atoms with van der Waals surface area (Å²) in [7, 11) is 1.54. The molecule has 1 saturated heterocycles. The van der Waals surface area contributed by atoms with Crippen molar-refractivity contribution in [3.63, 3.8) is 0 Å². The van der Waals surface area contributed by atoms with Gasteiger partial charge < -0.3 is 10.1 Å². The third-order valence-electron chi connectivity index (χ3n) is 3.32. The Hall–Kier alpha value is -1.09. The van der Waals surface area contributed by atoms with Crippen molar-refractivity contribution in [2.24, 2.45) is 0 Å². The molecule has 3 heteroatoms. The van der Waals surface area contributed by atoms with Gasteiger partial charge in [0, 0.05) is 5.56 Å². The van der Waals surface area contributed by atoms with Crippen LogP contribution in [0.4, 0.5) is 4.39 Å². The molecule has 0 unspecified atom stereocenters. The van der Waals surface area contributed by atoms with E-state index in [-0.39, 0.29) is 5.82 Å². The van der Waals surface area contributed by atoms with Gasteiger partial charge in [-0.05, 0) is 50.4 Å². The van der Waals surface area contributed by atoms with E-state index in [4.69, 9.17) is 4.74 Å². The Bertz CT molecular complexity index is 372. The first-order chi connectivity index (χ1) is 7.74. The molecule has 0 amide bonds. The smallest absolute Gasteiger partial charge is 0.165 e. The number of halogens is 1. The van der Waals surface area contributed by atoms with Crippen LogP contribution < -0.4 is 10.1 Å². The zero-order valence-corrected chi connectivity index (χ0v) is 9.85. The summed E-state index contributed by atoms with van der Waals surface area (Å²) in [6, 6.07) is 3.33. The Balaban J connectivity index is 2.40. The number of piperidine rings is 1. The van der Waals surface area contributed by atoms with Crippen LogP contribution in [0.1, 0.15) is 29.9 Å². The number of rotatable bonds is 2. The molecular weight excluding hydrogens is 205 g/mol. The van der Waals surface area contributed by atoms with Crippen molar-refractivity contribution in [3.8, 4) is 5.75 Å². The lowest BCUT2D eigenvalue weighted by Gasteiger charge is -2.26. The molecule has 0 atom stereocenters. The van der Waals surface area contributed by atoms with Crippen molar-refractivity contribution in [2.45, 2.75) is 25.7 Å². The molecule has 1 heterocycles. The standard InChI is InChI=1S/C13H18FNO/c1-9-3-4-11(14)13(16-2)12(9)10-5-7-15-8-6-10/h3-4,10,15H,5-8H2,1-2H3. The van der Waals surface area contributed by atoms with Gasteiger partial charge in [-0.3, -0.25) is 0 Å². The predicted molar refractivity (Wildman–Crippen MR) is 62.5 cm³/mol. The van der Waals surface area contributed by atoms with Gasteiger partial charge in [0.25, 0.3) is 0 Å². The Labute approximate surface area is 95.8 Å². The van der Waals surface area contributed by atoms with E-state index in [0.29, 0.717) is 11.7 Å². The van der Waals surface area contributed by atoms with Crippen LogP contribution in [0.5, 0.6) is 5.75 Å². The molecule has 0 spiro atoms. The van der Waals surface area contributed by atoms with Crippen LogP contribution >= 0.6 is 0 Å². The number of aryl methyl sites for hydroxylation is 1. The van der Waals surface area contributed by atoms with Crippen molar-refractivity contribution in [3.05, 3.63) is 29.1 Å². The molecule has 1 aromatic carbocycles. The lowest BCUT2D eigenvalue weighted by molar-refractivity contribution is 0.367. The van der Waals surface area contributed by atoms with E-state index in [2.05, 4.69) is 5.32 Å². The highest BCUT2D eigenvalue weighted by Crippen LogP contribution is 2.36. The van der Waals surface area contributed by atoms with Crippen LogP contribution in [-0.4, -0.2) is 20.2 Å². The second-order valence-electron chi connectivity index (χ2n) is 4.34. The van der Waals surface area contributed by atoms with E-state index in [1.54, 1.807) is 7.11 Å². The molecule has 1 fully saturated rings. The number of hydrogen-bond acceptors (Lipinski definition) is 2. The van der Waals surface area contributed by atoms with Gasteiger partial charge in [0.1, 0.15) is 0 Å². The monoisotopic (exact) mass is 223 g/mol. The molecule has 1 aliphatic rings. The molecule has 88 valence electrons. The number of methoxy groups -OCH3 is 1. The lowest BCUT2D eigenvalue weighted by Crippen LogP contribution is -2.27. The van der Waals surface area contributed by atoms with Crippen LogP contribution in [-0.2, 0) is 0 Å². The predicted octanol–water partition coefficient (Wildman–Crippen LogP) is 2.61. The Morgan fingerprint density at radius 1 is 1.31 bits per heavy atom. The summed E-state index contributed by atoms with van der Waals surface area (Å²) in [4.78, 5) is 0. The summed E-state index contributed by atoms with van der Waals surface area (Å²) in [5.74, 6) is 0.612. The minimum absolute atomic E-state index is 0.248. The van der Waals surface area contributed by atoms with Crippen molar-refractivity contribution in [1.82, 2.24) is 5.32 Å². The minimum atomic E-state index is -0.248. The Morgan fingerprint density at radius 3 is 2.62 bits per heavy atom. The molecule has 1 aromatic rings. The molecule has 2 rings (SSSR count). The van der Waals surface area contributed by atoms with Gasteiger partial charge in [-0.1, -0.05) is 6.07 Å². The van der Waals surface area contributed by atoms with Crippen LogP contribution in [0.3, 0.4) is 0 Å². The van der Waals surface area contributed by atoms with Crippen LogP contribution in [0, 0.1) is 12.7 Å². The van der Waals surface area contributed by atoms with Crippen molar-refractivity contribution in [2.75, 3.05) is 20.2 Å². The molecule has 0 saturated carbocycles. The van der Waals surface area contributed by atoms with Gasteiger partial charge in [0.05, 0.1) is 7.11 Å². The molecule has 0 radical (unpaired) electrons. The zero-order valence-electron chi connectivity index (χ0n) is 9.85. The maximum atomic E-state index is 13.6. The molecule has 0 aliphatic carbocycles. The third kappa shape index (κ3) is 2.05. The first kappa shape index (κ1) is 11.4. The average Bonchev–Trinajstić information content (AvgIpc) is 2.33. The quantitative estimate of drug-likeness (QED) is 0.832. The summed E-state index contributed by atoms with van der Waals surface area (Å²) in [6.07, 6.45) is 2.11. The van der Waals surface area contributed by atoms with E-state index in [0.717, 1.165) is 37.1 Å². The second kappa shape index (κ2) is 4.83. The van der Waals surface area contributed by atoms with Gasteiger partial charge in [0.2, 0.25) is 0 Å². The van der Waals surface area contributed by atoms with Crippen molar-refractivity contribution in [1.29, 1.82) is 0 Å². The van der Waals surface area contributed by atoms with E-state index in [1.165, 1.54) is 6.07 Å². The highest BCUT2D eigenvalue weighted by Gasteiger charge is 2.22. The summed E-state index contributed by atoms with van der Waals surface area (Å²) >= 11 is 0. The Kier molecular flexibility index (Phi) is 3.44. The topological polar surface area (TPSA) is 21.3 Å². The minimum Gasteiger partial charge on any atom is -0.493 e. The highest BCUT2D eigenvalue weighted by molar-refractivity contribution is 5.43. The SMILES string of the molecule is COc1c(F)ccc(C)c1C1CCNCC1. The number of hydrogen-bond donors (Lipinski definition) is 1. The number of benzene rings is 1.